The molecule has 0 radical (unpaired) electrons. The summed E-state index contributed by atoms with van der Waals surface area (Å²) in [5.41, 5.74) is 0. The molecule has 0 atom stereocenters. The molecule has 0 saturated heterocycles. The molecule has 0 saturated carbocycles. The summed E-state index contributed by atoms with van der Waals surface area (Å²) < 4.78 is 10.9. The first-order chi connectivity index (χ1) is 6.77. The van der Waals surface area contributed by atoms with E-state index in [9.17, 15) is 0 Å². The first kappa shape index (κ1) is 13.9. The van der Waals surface area contributed by atoms with Crippen LogP contribution in [0.25, 0.3) is 0 Å². The van der Waals surface area contributed by atoms with Gasteiger partial charge in [-0.2, -0.15) is 0 Å². The summed E-state index contributed by atoms with van der Waals surface area (Å²) in [7, 11) is 1.98. The maximum Gasteiger partial charge on any atom is 0.0518 e. The van der Waals surface area contributed by atoms with E-state index in [1.807, 2.05) is 7.05 Å². The van der Waals surface area contributed by atoms with Crippen molar-refractivity contribution in [2.24, 2.45) is 0 Å². The van der Waals surface area contributed by atoms with Gasteiger partial charge in [-0.25, -0.2) is 0 Å². The smallest absolute Gasteiger partial charge is 0.0518 e. The van der Waals surface area contributed by atoms with Crippen LogP contribution in [0.3, 0.4) is 0 Å². The van der Waals surface area contributed by atoms with Crippen molar-refractivity contribution in [1.29, 1.82) is 0 Å². The van der Waals surface area contributed by atoms with E-state index in [0.717, 1.165) is 39.2 Å². The lowest BCUT2D eigenvalue weighted by Crippen LogP contribution is -2.09. The van der Waals surface area contributed by atoms with Crippen molar-refractivity contribution in [3.63, 3.8) is 0 Å². The lowest BCUT2D eigenvalue weighted by atomic mass is 10.3. The van der Waals surface area contributed by atoms with Crippen molar-refractivity contribution in [1.82, 2.24) is 5.32 Å². The SMILES string of the molecule is CNCCCCOCCCOC(C)C. The summed E-state index contributed by atoms with van der Waals surface area (Å²) in [6.45, 7) is 7.71. The lowest BCUT2D eigenvalue weighted by Gasteiger charge is -2.07. The van der Waals surface area contributed by atoms with E-state index in [4.69, 9.17) is 9.47 Å². The van der Waals surface area contributed by atoms with Gasteiger partial charge in [-0.05, 0) is 46.7 Å². The Balaban J connectivity index is 2.85. The van der Waals surface area contributed by atoms with Gasteiger partial charge in [0.25, 0.3) is 0 Å². The Bertz CT molecular complexity index is 107. The minimum absolute atomic E-state index is 0.339. The van der Waals surface area contributed by atoms with Crippen molar-refractivity contribution < 1.29 is 9.47 Å². The summed E-state index contributed by atoms with van der Waals surface area (Å²) >= 11 is 0. The predicted molar refractivity (Wildman–Crippen MR) is 59.7 cm³/mol. The highest BCUT2D eigenvalue weighted by Crippen LogP contribution is 1.93. The molecule has 3 heteroatoms. The third-order valence-electron chi connectivity index (χ3n) is 1.85. The van der Waals surface area contributed by atoms with E-state index >= 15 is 0 Å². The molecule has 0 aromatic rings. The first-order valence-corrected chi connectivity index (χ1v) is 5.61. The van der Waals surface area contributed by atoms with Crippen LogP contribution in [-0.4, -0.2) is 39.5 Å². The molecule has 0 aliphatic carbocycles. The molecule has 0 unspecified atom stereocenters. The van der Waals surface area contributed by atoms with Crippen LogP contribution in [0.4, 0.5) is 0 Å². The van der Waals surface area contributed by atoms with E-state index < -0.39 is 0 Å². The number of nitrogens with one attached hydrogen (secondary N) is 1. The van der Waals surface area contributed by atoms with Crippen molar-refractivity contribution in [2.75, 3.05) is 33.4 Å². The standard InChI is InChI=1S/C11H25NO2/c1-11(2)14-10-6-9-13-8-5-4-7-12-3/h11-12H,4-10H2,1-3H3. The van der Waals surface area contributed by atoms with Crippen LogP contribution in [0.1, 0.15) is 33.1 Å². The molecular formula is C11H25NO2. The van der Waals surface area contributed by atoms with Crippen LogP contribution in [0.2, 0.25) is 0 Å². The minimum Gasteiger partial charge on any atom is -0.381 e. The van der Waals surface area contributed by atoms with Crippen molar-refractivity contribution in [3.05, 3.63) is 0 Å². The van der Waals surface area contributed by atoms with Crippen LogP contribution in [0, 0.1) is 0 Å². The number of unbranched alkanes of at least 4 members (excludes halogenated alkanes) is 1. The molecule has 3 nitrogen and oxygen atoms in total. The molecule has 0 aromatic carbocycles. The van der Waals surface area contributed by atoms with Crippen LogP contribution < -0.4 is 5.32 Å². The van der Waals surface area contributed by atoms with Gasteiger partial charge in [0.1, 0.15) is 0 Å². The Labute approximate surface area is 88.2 Å². The van der Waals surface area contributed by atoms with Gasteiger partial charge < -0.3 is 14.8 Å². The van der Waals surface area contributed by atoms with E-state index in [2.05, 4.69) is 19.2 Å². The fraction of sp³-hybridized carbons (Fsp3) is 1.00. The van der Waals surface area contributed by atoms with E-state index in [0.29, 0.717) is 6.10 Å². The van der Waals surface area contributed by atoms with Gasteiger partial charge in [0, 0.05) is 19.8 Å². The first-order valence-electron chi connectivity index (χ1n) is 5.61. The average molecular weight is 203 g/mol. The second-order valence-corrected chi connectivity index (χ2v) is 3.70. The molecule has 0 fully saturated rings. The molecule has 0 aliphatic heterocycles. The van der Waals surface area contributed by atoms with E-state index in [-0.39, 0.29) is 0 Å². The fourth-order valence-corrected chi connectivity index (χ4v) is 1.09. The normalized spacial score (nSPS) is 11.1. The zero-order valence-corrected chi connectivity index (χ0v) is 9.84. The van der Waals surface area contributed by atoms with E-state index in [1.165, 1.54) is 6.42 Å². The summed E-state index contributed by atoms with van der Waals surface area (Å²) in [5.74, 6) is 0. The Morgan fingerprint density at radius 3 is 2.36 bits per heavy atom. The molecule has 0 spiro atoms. The van der Waals surface area contributed by atoms with Gasteiger partial charge in [0.05, 0.1) is 6.10 Å². The number of hydrogen-bond acceptors (Lipinski definition) is 3. The average Bonchev–Trinajstić information content (AvgIpc) is 2.15. The Morgan fingerprint density at radius 1 is 1.00 bits per heavy atom. The summed E-state index contributed by atoms with van der Waals surface area (Å²) in [4.78, 5) is 0. The highest BCUT2D eigenvalue weighted by atomic mass is 16.5. The summed E-state index contributed by atoms with van der Waals surface area (Å²) in [5, 5.41) is 3.12. The van der Waals surface area contributed by atoms with Gasteiger partial charge >= 0.3 is 0 Å². The van der Waals surface area contributed by atoms with Crippen molar-refractivity contribution >= 4 is 0 Å². The predicted octanol–water partition coefficient (Wildman–Crippen LogP) is 1.82. The third kappa shape index (κ3) is 11.9. The zero-order valence-electron chi connectivity index (χ0n) is 9.84. The molecule has 0 rings (SSSR count). The lowest BCUT2D eigenvalue weighted by molar-refractivity contribution is 0.0508. The summed E-state index contributed by atoms with van der Waals surface area (Å²) in [6.07, 6.45) is 3.68. The van der Waals surface area contributed by atoms with Gasteiger partial charge in [-0.3, -0.25) is 0 Å². The van der Waals surface area contributed by atoms with Crippen molar-refractivity contribution in [3.8, 4) is 0 Å². The highest BCUT2D eigenvalue weighted by molar-refractivity contribution is 4.43. The largest absolute Gasteiger partial charge is 0.381 e. The number of hydrogen-bond donors (Lipinski definition) is 1. The molecule has 14 heavy (non-hydrogen) atoms. The molecule has 86 valence electrons. The quantitative estimate of drug-likeness (QED) is 0.549. The van der Waals surface area contributed by atoms with Gasteiger partial charge in [0.2, 0.25) is 0 Å². The third-order valence-corrected chi connectivity index (χ3v) is 1.85. The Morgan fingerprint density at radius 2 is 1.71 bits per heavy atom. The molecule has 0 amide bonds. The van der Waals surface area contributed by atoms with E-state index in [1.54, 1.807) is 0 Å². The molecule has 0 aromatic heterocycles. The second-order valence-electron chi connectivity index (χ2n) is 3.70. The monoisotopic (exact) mass is 203 g/mol. The van der Waals surface area contributed by atoms with Crippen LogP contribution in [-0.2, 0) is 9.47 Å². The topological polar surface area (TPSA) is 30.5 Å². The van der Waals surface area contributed by atoms with Gasteiger partial charge in [-0.15, -0.1) is 0 Å². The molecular weight excluding hydrogens is 178 g/mol. The molecule has 0 heterocycles. The van der Waals surface area contributed by atoms with Gasteiger partial charge in [-0.1, -0.05) is 0 Å². The van der Waals surface area contributed by atoms with Crippen LogP contribution in [0.5, 0.6) is 0 Å². The molecule has 1 N–H and O–H groups in total. The van der Waals surface area contributed by atoms with Crippen LogP contribution >= 0.6 is 0 Å². The second kappa shape index (κ2) is 11.0. The Hall–Kier alpha value is -0.120. The minimum atomic E-state index is 0.339. The van der Waals surface area contributed by atoms with Gasteiger partial charge in [0.15, 0.2) is 0 Å². The fourth-order valence-electron chi connectivity index (χ4n) is 1.09. The number of ether oxygens (including phenoxy) is 2. The Kier molecular flexibility index (Phi) is 10.9. The van der Waals surface area contributed by atoms with Crippen LogP contribution in [0.15, 0.2) is 0 Å². The summed E-state index contributed by atoms with van der Waals surface area (Å²) in [6, 6.07) is 0. The molecule has 0 bridgehead atoms. The number of rotatable bonds is 10. The molecule has 0 aliphatic rings. The van der Waals surface area contributed by atoms with Crippen molar-refractivity contribution in [2.45, 2.75) is 39.2 Å². The maximum atomic E-state index is 5.45. The maximum absolute atomic E-state index is 5.45. The zero-order chi connectivity index (χ0) is 10.6. The highest BCUT2D eigenvalue weighted by Gasteiger charge is 1.93.